The number of anilines is 1. The second-order valence-corrected chi connectivity index (χ2v) is 7.26. The first-order valence-corrected chi connectivity index (χ1v) is 8.82. The van der Waals surface area contributed by atoms with Crippen molar-refractivity contribution in [1.82, 2.24) is 0 Å². The highest BCUT2D eigenvalue weighted by Crippen LogP contribution is 2.52. The molecule has 0 spiro atoms. The molecular formula is C19H15BrFNO2. The molecule has 0 amide bonds. The molecule has 5 heteroatoms. The fourth-order valence-corrected chi connectivity index (χ4v) is 4.63. The molecule has 0 saturated carbocycles. The Hall–Kier alpha value is -2.01. The first-order chi connectivity index (χ1) is 11.7. The van der Waals surface area contributed by atoms with Gasteiger partial charge in [0.25, 0.3) is 0 Å². The fourth-order valence-electron chi connectivity index (χ4n) is 4.06. The molecule has 0 saturated heterocycles. The summed E-state index contributed by atoms with van der Waals surface area (Å²) in [6, 6.07) is 9.27. The molecule has 0 bridgehead atoms. The number of allylic oxidation sites excluding steroid dienone is 2. The van der Waals surface area contributed by atoms with Crippen molar-refractivity contribution >= 4 is 21.6 Å². The van der Waals surface area contributed by atoms with Crippen molar-refractivity contribution < 1.29 is 13.9 Å². The molecule has 1 aliphatic carbocycles. The van der Waals surface area contributed by atoms with Crippen LogP contribution in [-0.4, -0.2) is 6.79 Å². The summed E-state index contributed by atoms with van der Waals surface area (Å²) in [6.45, 7) is 0.244. The number of hydrogen-bond donors (Lipinski definition) is 1. The molecule has 2 aromatic rings. The van der Waals surface area contributed by atoms with E-state index < -0.39 is 0 Å². The van der Waals surface area contributed by atoms with Crippen LogP contribution in [0.1, 0.15) is 29.5 Å². The van der Waals surface area contributed by atoms with Gasteiger partial charge in [-0.3, -0.25) is 0 Å². The summed E-state index contributed by atoms with van der Waals surface area (Å²) in [5, 5.41) is 3.44. The summed E-state index contributed by atoms with van der Waals surface area (Å²) >= 11 is 3.65. The number of benzene rings is 2. The average molecular weight is 388 g/mol. The van der Waals surface area contributed by atoms with E-state index in [4.69, 9.17) is 9.47 Å². The Morgan fingerprint density at radius 2 is 1.96 bits per heavy atom. The number of rotatable bonds is 1. The monoisotopic (exact) mass is 387 g/mol. The highest BCUT2D eigenvalue weighted by atomic mass is 79.9. The average Bonchev–Trinajstić information content (AvgIpc) is 3.22. The van der Waals surface area contributed by atoms with Crippen molar-refractivity contribution in [3.63, 3.8) is 0 Å². The van der Waals surface area contributed by atoms with Gasteiger partial charge in [-0.05, 0) is 41.7 Å². The molecule has 0 unspecified atom stereocenters. The lowest BCUT2D eigenvalue weighted by Gasteiger charge is -2.38. The van der Waals surface area contributed by atoms with Crippen LogP contribution in [-0.2, 0) is 0 Å². The maximum Gasteiger partial charge on any atom is 0.231 e. The van der Waals surface area contributed by atoms with E-state index in [0.29, 0.717) is 11.6 Å². The highest BCUT2D eigenvalue weighted by Gasteiger charge is 2.40. The van der Waals surface area contributed by atoms with Gasteiger partial charge < -0.3 is 14.8 Å². The van der Waals surface area contributed by atoms with Crippen molar-refractivity contribution in [3.8, 4) is 11.5 Å². The molecule has 3 aliphatic rings. The maximum absolute atomic E-state index is 14.4. The van der Waals surface area contributed by atoms with E-state index in [1.807, 2.05) is 18.2 Å². The Morgan fingerprint density at radius 1 is 1.12 bits per heavy atom. The molecule has 2 aliphatic heterocycles. The van der Waals surface area contributed by atoms with E-state index in [0.717, 1.165) is 33.5 Å². The molecule has 1 N–H and O–H groups in total. The van der Waals surface area contributed by atoms with Gasteiger partial charge in [0.1, 0.15) is 5.82 Å². The van der Waals surface area contributed by atoms with Crippen molar-refractivity contribution in [2.45, 2.75) is 18.4 Å². The largest absolute Gasteiger partial charge is 0.454 e. The van der Waals surface area contributed by atoms with Crippen molar-refractivity contribution in [1.29, 1.82) is 0 Å². The molecule has 122 valence electrons. The van der Waals surface area contributed by atoms with Gasteiger partial charge in [-0.2, -0.15) is 0 Å². The fraction of sp³-hybridized carbons (Fsp3) is 0.263. The van der Waals surface area contributed by atoms with Crippen molar-refractivity contribution in [2.75, 3.05) is 12.1 Å². The molecular weight excluding hydrogens is 373 g/mol. The lowest BCUT2D eigenvalue weighted by atomic mass is 9.77. The minimum atomic E-state index is -0.201. The number of halogens is 2. The molecule has 0 radical (unpaired) electrons. The highest BCUT2D eigenvalue weighted by molar-refractivity contribution is 9.10. The first-order valence-electron chi connectivity index (χ1n) is 8.03. The second kappa shape index (κ2) is 5.24. The van der Waals surface area contributed by atoms with E-state index in [1.54, 1.807) is 6.07 Å². The summed E-state index contributed by atoms with van der Waals surface area (Å²) in [7, 11) is 0. The first kappa shape index (κ1) is 14.3. The smallest absolute Gasteiger partial charge is 0.231 e. The zero-order chi connectivity index (χ0) is 16.3. The zero-order valence-corrected chi connectivity index (χ0v) is 14.3. The van der Waals surface area contributed by atoms with Gasteiger partial charge in [-0.15, -0.1) is 0 Å². The molecule has 3 nitrogen and oxygen atoms in total. The predicted molar refractivity (Wildman–Crippen MR) is 93.0 cm³/mol. The summed E-state index contributed by atoms with van der Waals surface area (Å²) in [6.07, 6.45) is 5.38. The Bertz CT molecular complexity index is 867. The quantitative estimate of drug-likeness (QED) is 0.686. The van der Waals surface area contributed by atoms with Crippen LogP contribution in [0.2, 0.25) is 0 Å². The summed E-state index contributed by atoms with van der Waals surface area (Å²) < 4.78 is 26.3. The lowest BCUT2D eigenvalue weighted by Crippen LogP contribution is -2.30. The van der Waals surface area contributed by atoms with E-state index in [2.05, 4.69) is 33.4 Å². The van der Waals surface area contributed by atoms with Gasteiger partial charge >= 0.3 is 0 Å². The number of ether oxygens (including phenoxy) is 2. The van der Waals surface area contributed by atoms with Crippen LogP contribution >= 0.6 is 15.9 Å². The Balaban J connectivity index is 1.64. The molecule has 0 fully saturated rings. The summed E-state index contributed by atoms with van der Waals surface area (Å²) in [5.41, 5.74) is 2.73. The maximum atomic E-state index is 14.4. The topological polar surface area (TPSA) is 30.5 Å². The third-order valence-corrected chi connectivity index (χ3v) is 5.86. The number of fused-ring (bicyclic) bond motifs is 4. The number of nitrogens with one attached hydrogen (secondary N) is 1. The molecule has 2 heterocycles. The molecule has 3 atom stereocenters. The molecule has 0 aromatic heterocycles. The van der Waals surface area contributed by atoms with Crippen LogP contribution in [0.3, 0.4) is 0 Å². The predicted octanol–water partition coefficient (Wildman–Crippen LogP) is 5.14. The Kier molecular flexibility index (Phi) is 3.13. The van der Waals surface area contributed by atoms with Crippen molar-refractivity contribution in [3.05, 3.63) is 63.9 Å². The van der Waals surface area contributed by atoms with E-state index >= 15 is 0 Å². The van der Waals surface area contributed by atoms with Gasteiger partial charge in [0.05, 0.1) is 11.7 Å². The number of para-hydroxylation sites is 1. The van der Waals surface area contributed by atoms with E-state index in [-0.39, 0.29) is 24.6 Å². The SMILES string of the molecule is Fc1cccc2c1N[C@@H](c1cc3c(cc1Br)OCO3)[C@@H]1CC=C[C@H]21. The Morgan fingerprint density at radius 3 is 2.83 bits per heavy atom. The van der Waals surface area contributed by atoms with Crippen LogP contribution in [0.25, 0.3) is 0 Å². The summed E-state index contributed by atoms with van der Waals surface area (Å²) in [5.74, 6) is 1.88. The minimum absolute atomic E-state index is 0.0123. The lowest BCUT2D eigenvalue weighted by molar-refractivity contribution is 0.174. The van der Waals surface area contributed by atoms with Crippen LogP contribution in [0, 0.1) is 11.7 Å². The molecule has 5 rings (SSSR count). The van der Waals surface area contributed by atoms with Crippen LogP contribution in [0.15, 0.2) is 47.0 Å². The second-order valence-electron chi connectivity index (χ2n) is 6.41. The van der Waals surface area contributed by atoms with Crippen molar-refractivity contribution in [2.24, 2.45) is 5.92 Å². The standard InChI is InChI=1S/C19H15BrFNO2/c20-14-8-17-16(23-9-24-17)7-13(14)18-11-4-1-3-10(11)12-5-2-6-15(21)19(12)22-18/h1-3,5-8,10-11,18,22H,4,9H2/t10-,11+,18+/m0/s1. The van der Waals surface area contributed by atoms with Crippen LogP contribution in [0.5, 0.6) is 11.5 Å². The van der Waals surface area contributed by atoms with Crippen LogP contribution in [0.4, 0.5) is 10.1 Å². The van der Waals surface area contributed by atoms with E-state index in [1.165, 1.54) is 6.07 Å². The number of hydrogen-bond acceptors (Lipinski definition) is 3. The molecule has 2 aromatic carbocycles. The summed E-state index contributed by atoms with van der Waals surface area (Å²) in [4.78, 5) is 0. The Labute approximate surface area is 147 Å². The third-order valence-electron chi connectivity index (χ3n) is 5.17. The van der Waals surface area contributed by atoms with Gasteiger partial charge in [-0.1, -0.05) is 40.2 Å². The van der Waals surface area contributed by atoms with Gasteiger partial charge in [0, 0.05) is 10.4 Å². The van der Waals surface area contributed by atoms with Crippen LogP contribution < -0.4 is 14.8 Å². The van der Waals surface area contributed by atoms with E-state index in [9.17, 15) is 4.39 Å². The molecule has 24 heavy (non-hydrogen) atoms. The van der Waals surface area contributed by atoms with Gasteiger partial charge in [0.2, 0.25) is 6.79 Å². The van der Waals surface area contributed by atoms with Gasteiger partial charge in [-0.25, -0.2) is 4.39 Å². The minimum Gasteiger partial charge on any atom is -0.454 e. The van der Waals surface area contributed by atoms with Gasteiger partial charge in [0.15, 0.2) is 11.5 Å². The zero-order valence-electron chi connectivity index (χ0n) is 12.8. The third kappa shape index (κ3) is 2.00. The normalized spacial score (nSPS) is 26.0.